The van der Waals surface area contributed by atoms with Gasteiger partial charge in [-0.25, -0.2) is 0 Å². The number of pyridine rings is 4. The molecule has 0 atom stereocenters. The van der Waals surface area contributed by atoms with Crippen molar-refractivity contribution >= 4 is 34.4 Å². The van der Waals surface area contributed by atoms with Crippen LogP contribution in [0.5, 0.6) is 0 Å². The molecule has 0 spiro atoms. The Morgan fingerprint density at radius 1 is 0.333 bits per heavy atom. The molecule has 0 radical (unpaired) electrons. The van der Waals surface area contributed by atoms with Crippen LogP contribution in [0, 0.1) is 0 Å². The predicted molar refractivity (Wildman–Crippen MR) is 191 cm³/mol. The predicted octanol–water partition coefficient (Wildman–Crippen LogP) is 4.14. The lowest BCUT2D eigenvalue weighted by atomic mass is 9.86. The van der Waals surface area contributed by atoms with Gasteiger partial charge in [-0.2, -0.15) is 19.4 Å². The van der Waals surface area contributed by atoms with Crippen molar-refractivity contribution in [3.63, 3.8) is 0 Å². The van der Waals surface area contributed by atoms with Crippen LogP contribution in [0.3, 0.4) is 0 Å². The molecule has 0 aliphatic carbocycles. The van der Waals surface area contributed by atoms with Gasteiger partial charge in [0, 0.05) is 35.6 Å². The molecule has 4 amide bonds. The van der Waals surface area contributed by atoms with Crippen LogP contribution in [0.25, 0.3) is 56.8 Å². The lowest BCUT2D eigenvalue weighted by Crippen LogP contribution is -2.50. The Kier molecular flexibility index (Phi) is 6.65. The van der Waals surface area contributed by atoms with E-state index in [1.54, 1.807) is 97.6 Å². The second-order valence-corrected chi connectivity index (χ2v) is 12.1. The minimum atomic E-state index is -0.735. The molecule has 0 fully saturated rings. The number of benzene rings is 2. The number of hydrogen-bond donors (Lipinski definition) is 0. The summed E-state index contributed by atoms with van der Waals surface area (Å²) < 4.78 is 2.58. The van der Waals surface area contributed by atoms with E-state index >= 15 is 0 Å². The fraction of sp³-hybridized carbons (Fsp3) is 0. The molecule has 0 N–H and O–H groups in total. The van der Waals surface area contributed by atoms with Crippen molar-refractivity contribution in [1.82, 2.24) is 49.7 Å². The topological polar surface area (TPSA) is 188 Å². The van der Waals surface area contributed by atoms with E-state index in [0.717, 1.165) is 10.0 Å². The number of hydrogen-bond acceptors (Lipinski definition) is 12. The summed E-state index contributed by atoms with van der Waals surface area (Å²) in [7, 11) is 0. The molecule has 16 heteroatoms. The Labute approximate surface area is 303 Å². The zero-order valence-electron chi connectivity index (χ0n) is 27.5. The molecule has 16 nitrogen and oxygen atoms in total. The van der Waals surface area contributed by atoms with E-state index in [0.29, 0.717) is 22.8 Å². The average molecular weight is 709 g/mol. The van der Waals surface area contributed by atoms with E-state index in [1.807, 2.05) is 0 Å². The molecule has 6 aromatic heterocycles. The molecular weight excluding hydrogens is 688 g/mol. The van der Waals surface area contributed by atoms with Gasteiger partial charge in [-0.05, 0) is 72.8 Å². The first-order valence-electron chi connectivity index (χ1n) is 16.5. The fourth-order valence-electron chi connectivity index (χ4n) is 6.77. The van der Waals surface area contributed by atoms with Crippen molar-refractivity contribution in [2.24, 2.45) is 0 Å². The maximum atomic E-state index is 14.6. The van der Waals surface area contributed by atoms with Crippen LogP contribution in [0.1, 0.15) is 41.4 Å². The number of aromatic nitrogens is 10. The van der Waals surface area contributed by atoms with Gasteiger partial charge in [0.2, 0.25) is 23.3 Å². The van der Waals surface area contributed by atoms with Gasteiger partial charge in [-0.3, -0.25) is 39.1 Å². The Morgan fingerprint density at radius 3 is 0.815 bits per heavy atom. The quantitative estimate of drug-likeness (QED) is 0.225. The Bertz CT molecular complexity index is 2480. The molecule has 0 unspecified atom stereocenters. The van der Waals surface area contributed by atoms with Crippen LogP contribution in [0.15, 0.2) is 122 Å². The zero-order valence-corrected chi connectivity index (χ0v) is 27.5. The molecule has 8 aromatic rings. The highest BCUT2D eigenvalue weighted by molar-refractivity contribution is 6.39. The first-order valence-corrected chi connectivity index (χ1v) is 16.5. The zero-order chi connectivity index (χ0) is 36.5. The van der Waals surface area contributed by atoms with Crippen LogP contribution < -0.4 is 10.0 Å². The lowest BCUT2D eigenvalue weighted by Gasteiger charge is -2.33. The molecular formula is C38H20N12O4. The smallest absolute Gasteiger partial charge is 0.267 e. The van der Waals surface area contributed by atoms with E-state index in [-0.39, 0.29) is 56.3 Å². The number of rotatable bonds is 6. The Morgan fingerprint density at radius 2 is 0.593 bits per heavy atom. The number of carbonyl (C=O) groups excluding carboxylic acids is 4. The molecule has 10 rings (SSSR count). The average Bonchev–Trinajstić information content (AvgIpc) is 3.86. The largest absolute Gasteiger partial charge is 0.280 e. The van der Waals surface area contributed by atoms with Gasteiger partial charge in [0.05, 0.1) is 22.3 Å². The fourth-order valence-corrected chi connectivity index (χ4v) is 6.77. The number of imide groups is 2. The molecule has 0 saturated heterocycles. The van der Waals surface area contributed by atoms with Gasteiger partial charge in [-0.15, -0.1) is 20.4 Å². The summed E-state index contributed by atoms with van der Waals surface area (Å²) in [4.78, 5) is 76.0. The monoisotopic (exact) mass is 708 g/mol. The van der Waals surface area contributed by atoms with Crippen molar-refractivity contribution < 1.29 is 19.2 Å². The third-order valence-electron chi connectivity index (χ3n) is 9.11. The van der Waals surface area contributed by atoms with Crippen LogP contribution >= 0.6 is 0 Å². The highest BCUT2D eigenvalue weighted by Crippen LogP contribution is 2.39. The molecule has 2 aromatic carbocycles. The highest BCUT2D eigenvalue weighted by atomic mass is 16.2. The summed E-state index contributed by atoms with van der Waals surface area (Å²) in [5.74, 6) is -2.46. The Balaban J connectivity index is 1.14. The van der Waals surface area contributed by atoms with Crippen LogP contribution in [-0.2, 0) is 0 Å². The first kappa shape index (κ1) is 30.7. The Hall–Kier alpha value is -8.14. The minimum Gasteiger partial charge on any atom is -0.267 e. The third-order valence-corrected chi connectivity index (χ3v) is 9.11. The second-order valence-electron chi connectivity index (χ2n) is 12.1. The van der Waals surface area contributed by atoms with Gasteiger partial charge in [0.25, 0.3) is 23.6 Å². The number of carbonyl (C=O) groups is 4. The number of nitrogens with zero attached hydrogens (tertiary/aromatic N) is 12. The van der Waals surface area contributed by atoms with Crippen molar-refractivity contribution in [1.29, 1.82) is 0 Å². The molecule has 2 aliphatic heterocycles. The van der Waals surface area contributed by atoms with Crippen molar-refractivity contribution in [2.45, 2.75) is 0 Å². The molecule has 256 valence electrons. The van der Waals surface area contributed by atoms with Crippen molar-refractivity contribution in [3.8, 4) is 46.1 Å². The van der Waals surface area contributed by atoms with E-state index in [4.69, 9.17) is 0 Å². The van der Waals surface area contributed by atoms with Crippen LogP contribution in [0.2, 0.25) is 0 Å². The summed E-state index contributed by atoms with van der Waals surface area (Å²) in [6.45, 7) is 0. The van der Waals surface area contributed by atoms with Gasteiger partial charge >= 0.3 is 0 Å². The molecule has 0 bridgehead atoms. The van der Waals surface area contributed by atoms with Crippen LogP contribution in [0.4, 0.5) is 0 Å². The first-order chi connectivity index (χ1) is 26.5. The van der Waals surface area contributed by atoms with E-state index in [9.17, 15) is 19.2 Å². The molecule has 54 heavy (non-hydrogen) atoms. The second kappa shape index (κ2) is 11.7. The van der Waals surface area contributed by atoms with E-state index in [2.05, 4.69) is 40.3 Å². The van der Waals surface area contributed by atoms with Crippen molar-refractivity contribution in [3.05, 3.63) is 144 Å². The maximum absolute atomic E-state index is 14.6. The highest BCUT2D eigenvalue weighted by Gasteiger charge is 2.44. The van der Waals surface area contributed by atoms with Gasteiger partial charge in [-0.1, -0.05) is 24.3 Å². The van der Waals surface area contributed by atoms with Gasteiger partial charge < -0.3 is 0 Å². The summed E-state index contributed by atoms with van der Waals surface area (Å²) in [6, 6.07) is 26.5. The summed E-state index contributed by atoms with van der Waals surface area (Å²) >= 11 is 0. The van der Waals surface area contributed by atoms with E-state index in [1.165, 1.54) is 33.6 Å². The normalized spacial score (nSPS) is 13.6. The third kappa shape index (κ3) is 4.37. The number of amides is 4. The summed E-state index contributed by atoms with van der Waals surface area (Å²) in [5.41, 5.74) is 1.74. The minimum absolute atomic E-state index is 0.0829. The van der Waals surface area contributed by atoms with Crippen molar-refractivity contribution in [2.75, 3.05) is 10.0 Å². The molecule has 2 aliphatic rings. The lowest BCUT2D eigenvalue weighted by molar-refractivity contribution is 0.0833. The summed E-state index contributed by atoms with van der Waals surface area (Å²) in [6.07, 6.45) is 6.23. The summed E-state index contributed by atoms with van der Waals surface area (Å²) in [5, 5.41) is 19.5. The maximum Gasteiger partial charge on any atom is 0.280 e. The van der Waals surface area contributed by atoms with E-state index < -0.39 is 23.6 Å². The van der Waals surface area contributed by atoms with Gasteiger partial charge in [0.1, 0.15) is 22.8 Å². The van der Waals surface area contributed by atoms with Crippen LogP contribution in [-0.4, -0.2) is 73.3 Å². The SMILES string of the molecule is O=C1c2ccc3c4c(ccc(c24)C(=O)N1n1c(-c2ccccn2)nnc1-c1ccccn1)C(=O)N(n1c(-c2ccccn2)nnc1-c1ccccn1)C3=O. The van der Waals surface area contributed by atoms with Gasteiger partial charge in [0.15, 0.2) is 0 Å². The standard InChI is InChI=1S/C38H20N12O4/c51-35-21-13-15-23-30-24(38(54)50(37(23)53)48-33(27-11-3-7-19-41-27)45-46-34(48)28-12-4-8-20-42-28)16-14-22(29(21)30)36(52)49(35)47-31(25-9-1-5-17-39-25)43-44-32(47)26-10-2-6-18-40-26/h1-20H. The molecule has 0 saturated carbocycles. The molecule has 8 heterocycles.